The average Bonchev–Trinajstić information content (AvgIpc) is 2.96. The number of hydrogen-bond donors (Lipinski definition) is 0. The molecule has 140 valence electrons. The molecule has 0 saturated carbocycles. The number of aryl methyl sites for hydroxylation is 1. The van der Waals surface area contributed by atoms with Gasteiger partial charge in [0.25, 0.3) is 0 Å². The second-order valence-corrected chi connectivity index (χ2v) is 9.60. The highest BCUT2D eigenvalue weighted by Crippen LogP contribution is 2.41. The fourth-order valence-corrected chi connectivity index (χ4v) is 4.53. The van der Waals surface area contributed by atoms with Crippen LogP contribution in [0.2, 0.25) is 0 Å². The van der Waals surface area contributed by atoms with Gasteiger partial charge < -0.3 is 9.47 Å². The van der Waals surface area contributed by atoms with Crippen molar-refractivity contribution in [2.24, 2.45) is 7.05 Å². The molecule has 0 bridgehead atoms. The predicted octanol–water partition coefficient (Wildman–Crippen LogP) is 1.98. The van der Waals surface area contributed by atoms with Gasteiger partial charge in [0, 0.05) is 20.1 Å². The minimum absolute atomic E-state index is 0.266. The van der Waals surface area contributed by atoms with Gasteiger partial charge in [-0.1, -0.05) is 6.08 Å². The molecule has 0 radical (unpaired) electrons. The minimum Gasteiger partial charge on any atom is -0.340 e. The van der Waals surface area contributed by atoms with Crippen LogP contribution in [0.25, 0.3) is 0 Å². The van der Waals surface area contributed by atoms with E-state index in [-0.39, 0.29) is 4.90 Å². The summed E-state index contributed by atoms with van der Waals surface area (Å²) in [5.74, 6) is 0. The van der Waals surface area contributed by atoms with Gasteiger partial charge in [0.15, 0.2) is 6.29 Å². The van der Waals surface area contributed by atoms with Crippen molar-refractivity contribution in [3.05, 3.63) is 23.5 Å². The number of rotatable bonds is 3. The van der Waals surface area contributed by atoms with Crippen LogP contribution >= 0.6 is 0 Å². The summed E-state index contributed by atoms with van der Waals surface area (Å²) >= 11 is 0. The number of sulfonamides is 1. The zero-order valence-electron chi connectivity index (χ0n) is 15.7. The van der Waals surface area contributed by atoms with E-state index in [1.807, 2.05) is 33.8 Å². The third kappa shape index (κ3) is 3.05. The average molecular weight is 369 g/mol. The van der Waals surface area contributed by atoms with Gasteiger partial charge in [0.05, 0.1) is 23.1 Å². The standard InChI is InChI=1S/C17H27N3O4S/c1-12-14(11-18-19(12)6)25(21,22)20-9-7-13(8-10-20)15-23-16(2,3)17(4,5)24-15/h7,11,15H,8-10H2,1-6H3. The Hall–Kier alpha value is -1.22. The quantitative estimate of drug-likeness (QED) is 0.762. The van der Waals surface area contributed by atoms with Crippen LogP contribution < -0.4 is 0 Å². The minimum atomic E-state index is -3.54. The van der Waals surface area contributed by atoms with Crippen LogP contribution in [-0.4, -0.2) is 53.1 Å². The molecule has 3 heterocycles. The summed E-state index contributed by atoms with van der Waals surface area (Å²) in [5.41, 5.74) is 0.858. The summed E-state index contributed by atoms with van der Waals surface area (Å²) < 4.78 is 40.8. The molecule has 0 aliphatic carbocycles. The van der Waals surface area contributed by atoms with Crippen LogP contribution in [0.4, 0.5) is 0 Å². The van der Waals surface area contributed by atoms with Crippen LogP contribution in [0, 0.1) is 6.92 Å². The van der Waals surface area contributed by atoms with E-state index in [0.717, 1.165) is 5.57 Å². The normalized spacial score (nSPS) is 24.5. The summed E-state index contributed by atoms with van der Waals surface area (Å²) in [7, 11) is -1.80. The van der Waals surface area contributed by atoms with Crippen molar-refractivity contribution in [3.8, 4) is 0 Å². The highest BCUT2D eigenvalue weighted by molar-refractivity contribution is 7.89. The van der Waals surface area contributed by atoms with E-state index in [1.54, 1.807) is 18.7 Å². The second kappa shape index (κ2) is 5.90. The second-order valence-electron chi connectivity index (χ2n) is 7.70. The summed E-state index contributed by atoms with van der Waals surface area (Å²) in [6.45, 7) is 10.5. The summed E-state index contributed by atoms with van der Waals surface area (Å²) in [4.78, 5) is 0.266. The Morgan fingerprint density at radius 3 is 2.24 bits per heavy atom. The lowest BCUT2D eigenvalue weighted by Gasteiger charge is -2.30. The van der Waals surface area contributed by atoms with E-state index in [1.165, 1.54) is 10.5 Å². The zero-order chi connectivity index (χ0) is 18.6. The molecular weight excluding hydrogens is 342 g/mol. The first-order valence-corrected chi connectivity index (χ1v) is 9.93. The molecule has 25 heavy (non-hydrogen) atoms. The Morgan fingerprint density at radius 1 is 1.20 bits per heavy atom. The molecule has 8 heteroatoms. The van der Waals surface area contributed by atoms with Crippen molar-refractivity contribution < 1.29 is 17.9 Å². The van der Waals surface area contributed by atoms with Gasteiger partial charge in [0.1, 0.15) is 4.90 Å². The molecular formula is C17H27N3O4S. The van der Waals surface area contributed by atoms with Gasteiger partial charge in [-0.2, -0.15) is 9.40 Å². The van der Waals surface area contributed by atoms with E-state index in [0.29, 0.717) is 25.2 Å². The van der Waals surface area contributed by atoms with Gasteiger partial charge in [-0.05, 0) is 46.6 Å². The molecule has 1 saturated heterocycles. The zero-order valence-corrected chi connectivity index (χ0v) is 16.6. The Balaban J connectivity index is 1.76. The predicted molar refractivity (Wildman–Crippen MR) is 93.5 cm³/mol. The maximum atomic E-state index is 12.8. The first kappa shape index (κ1) is 18.6. The molecule has 2 aliphatic heterocycles. The van der Waals surface area contributed by atoms with Crippen molar-refractivity contribution in [1.29, 1.82) is 0 Å². The molecule has 3 rings (SSSR count). The molecule has 2 aliphatic rings. The Labute approximate surface area is 149 Å². The van der Waals surface area contributed by atoms with E-state index in [2.05, 4.69) is 5.10 Å². The molecule has 1 fully saturated rings. The lowest BCUT2D eigenvalue weighted by atomic mass is 9.90. The smallest absolute Gasteiger partial charge is 0.246 e. The Morgan fingerprint density at radius 2 is 1.80 bits per heavy atom. The van der Waals surface area contributed by atoms with Crippen LogP contribution in [0.3, 0.4) is 0 Å². The van der Waals surface area contributed by atoms with E-state index in [4.69, 9.17) is 9.47 Å². The third-order valence-corrected chi connectivity index (χ3v) is 7.54. The first-order valence-electron chi connectivity index (χ1n) is 8.49. The molecule has 0 amide bonds. The topological polar surface area (TPSA) is 73.7 Å². The monoisotopic (exact) mass is 369 g/mol. The molecule has 0 aromatic carbocycles. The summed E-state index contributed by atoms with van der Waals surface area (Å²) in [5, 5.41) is 4.04. The molecule has 0 atom stereocenters. The van der Waals surface area contributed by atoms with Crippen LogP contribution in [-0.2, 0) is 26.5 Å². The van der Waals surface area contributed by atoms with Gasteiger partial charge in [0.2, 0.25) is 10.0 Å². The molecule has 0 N–H and O–H groups in total. The van der Waals surface area contributed by atoms with Gasteiger partial charge in [-0.15, -0.1) is 0 Å². The highest BCUT2D eigenvalue weighted by Gasteiger charge is 2.50. The lowest BCUT2D eigenvalue weighted by molar-refractivity contribution is -0.0619. The van der Waals surface area contributed by atoms with Crippen LogP contribution in [0.5, 0.6) is 0 Å². The summed E-state index contributed by atoms with van der Waals surface area (Å²) in [6.07, 6.45) is 3.51. The first-order chi connectivity index (χ1) is 11.5. The number of hydrogen-bond acceptors (Lipinski definition) is 5. The van der Waals surface area contributed by atoms with Gasteiger partial charge in [-0.3, -0.25) is 4.68 Å². The number of aromatic nitrogens is 2. The van der Waals surface area contributed by atoms with Crippen LogP contribution in [0.15, 0.2) is 22.7 Å². The van der Waals surface area contributed by atoms with Gasteiger partial charge >= 0.3 is 0 Å². The molecule has 0 unspecified atom stereocenters. The molecule has 7 nitrogen and oxygen atoms in total. The number of ether oxygens (including phenoxy) is 2. The third-order valence-electron chi connectivity index (χ3n) is 5.57. The van der Waals surface area contributed by atoms with E-state index < -0.39 is 27.5 Å². The Kier molecular flexibility index (Phi) is 4.39. The van der Waals surface area contributed by atoms with Gasteiger partial charge in [-0.25, -0.2) is 8.42 Å². The highest BCUT2D eigenvalue weighted by atomic mass is 32.2. The fraction of sp³-hybridized carbons (Fsp3) is 0.706. The maximum Gasteiger partial charge on any atom is 0.246 e. The summed E-state index contributed by atoms with van der Waals surface area (Å²) in [6, 6.07) is 0. The Bertz CT molecular complexity index is 792. The molecule has 0 spiro atoms. The van der Waals surface area contributed by atoms with Crippen molar-refractivity contribution >= 4 is 10.0 Å². The van der Waals surface area contributed by atoms with E-state index in [9.17, 15) is 8.42 Å². The molecule has 1 aromatic heterocycles. The number of nitrogens with zero attached hydrogens (tertiary/aromatic N) is 3. The maximum absolute atomic E-state index is 12.8. The van der Waals surface area contributed by atoms with Crippen LogP contribution in [0.1, 0.15) is 39.8 Å². The largest absolute Gasteiger partial charge is 0.340 e. The van der Waals surface area contributed by atoms with Crippen molar-refractivity contribution in [2.45, 2.75) is 63.4 Å². The fourth-order valence-electron chi connectivity index (χ4n) is 2.96. The van der Waals surface area contributed by atoms with Crippen molar-refractivity contribution in [2.75, 3.05) is 13.1 Å². The van der Waals surface area contributed by atoms with Crippen molar-refractivity contribution in [3.63, 3.8) is 0 Å². The van der Waals surface area contributed by atoms with E-state index >= 15 is 0 Å². The SMILES string of the molecule is Cc1c(S(=O)(=O)N2CC=C(C3OC(C)(C)C(C)(C)O3)CC2)cnn1C. The lowest BCUT2D eigenvalue weighted by Crippen LogP contribution is -2.41. The van der Waals surface area contributed by atoms with Crippen molar-refractivity contribution in [1.82, 2.24) is 14.1 Å². The molecule has 1 aromatic rings.